The number of furan rings is 3. The monoisotopic (exact) mass is 692 g/mol. The first-order valence-corrected chi connectivity index (χ1v) is 15.8. The molecule has 0 amide bonds. The van der Waals surface area contributed by atoms with Gasteiger partial charge in [-0.3, -0.25) is 28.8 Å². The fourth-order valence-corrected chi connectivity index (χ4v) is 4.18. The van der Waals surface area contributed by atoms with Gasteiger partial charge in [0.15, 0.2) is 0 Å². The Morgan fingerprint density at radius 3 is 1.59 bits per heavy atom. The lowest BCUT2D eigenvalue weighted by molar-refractivity contribution is -0.138. The van der Waals surface area contributed by atoms with Crippen molar-refractivity contribution in [2.24, 2.45) is 0 Å². The predicted molar refractivity (Wildman–Crippen MR) is 170 cm³/mol. The van der Waals surface area contributed by atoms with Gasteiger partial charge in [0.2, 0.25) is 0 Å². The lowest BCUT2D eigenvalue weighted by atomic mass is 10.1. The number of unbranched alkanes of at least 4 members (excludes halogenated alkanes) is 4. The van der Waals surface area contributed by atoms with Gasteiger partial charge in [-0.05, 0) is 68.9 Å². The Balaban J connectivity index is 0.000000380. The van der Waals surface area contributed by atoms with Crippen LogP contribution in [0.3, 0.4) is 0 Å². The molecule has 0 radical (unpaired) electrons. The van der Waals surface area contributed by atoms with Gasteiger partial charge in [0, 0.05) is 44.6 Å². The summed E-state index contributed by atoms with van der Waals surface area (Å²) in [6.07, 6.45) is 9.00. The minimum Gasteiger partial charge on any atom is -0.481 e. The molecule has 3 rings (SSSR count). The summed E-state index contributed by atoms with van der Waals surface area (Å²) in [5, 5.41) is 25.4. The highest BCUT2D eigenvalue weighted by molar-refractivity contribution is 5.69. The van der Waals surface area contributed by atoms with Gasteiger partial charge in [0.1, 0.15) is 35.2 Å². The van der Waals surface area contributed by atoms with Crippen molar-refractivity contribution in [1.29, 1.82) is 0 Å². The molecule has 0 spiro atoms. The summed E-state index contributed by atoms with van der Waals surface area (Å²) in [6.45, 7) is 1.85. The fraction of sp³-hybridized carbons (Fsp3) is 0.471. The maximum Gasteiger partial charge on any atom is 0.311 e. The topological polar surface area (TPSA) is 230 Å². The van der Waals surface area contributed by atoms with Crippen molar-refractivity contribution in [2.45, 2.75) is 89.9 Å². The quantitative estimate of drug-likeness (QED) is 0.0765. The van der Waals surface area contributed by atoms with Gasteiger partial charge in [0.05, 0.1) is 13.2 Å². The predicted octanol–water partition coefficient (Wildman–Crippen LogP) is 5.20. The third kappa shape index (κ3) is 22.8. The number of carbonyl (C=O) groups is 6. The van der Waals surface area contributed by atoms with Gasteiger partial charge in [-0.15, -0.1) is 0 Å². The van der Waals surface area contributed by atoms with Crippen LogP contribution < -0.4 is 4.74 Å². The molecule has 3 aromatic rings. The molecule has 0 aliphatic carbocycles. The largest absolute Gasteiger partial charge is 0.481 e. The van der Waals surface area contributed by atoms with Crippen LogP contribution >= 0.6 is 0 Å². The average molecular weight is 693 g/mol. The highest BCUT2D eigenvalue weighted by atomic mass is 16.6. The van der Waals surface area contributed by atoms with Gasteiger partial charge in [0.25, 0.3) is 18.9 Å². The van der Waals surface area contributed by atoms with E-state index in [1.54, 1.807) is 18.2 Å². The number of carboxylic acid groups (broad SMARTS) is 3. The number of hydrogen-bond donors (Lipinski definition) is 3. The molecular formula is C34H44O15. The second-order valence-electron chi connectivity index (χ2n) is 10.4. The van der Waals surface area contributed by atoms with Gasteiger partial charge in [-0.1, -0.05) is 6.42 Å². The summed E-state index contributed by atoms with van der Waals surface area (Å²) >= 11 is 0. The first-order valence-electron chi connectivity index (χ1n) is 15.8. The van der Waals surface area contributed by atoms with E-state index in [-0.39, 0.29) is 38.3 Å². The van der Waals surface area contributed by atoms with E-state index in [0.29, 0.717) is 56.1 Å². The fourth-order valence-electron chi connectivity index (χ4n) is 4.18. The Bertz CT molecular complexity index is 1370. The third-order valence-corrected chi connectivity index (χ3v) is 6.48. The van der Waals surface area contributed by atoms with Crippen LogP contribution in [0.15, 0.2) is 49.6 Å². The second-order valence-corrected chi connectivity index (χ2v) is 10.4. The third-order valence-electron chi connectivity index (χ3n) is 6.48. The Hall–Kier alpha value is -5.34. The first-order chi connectivity index (χ1) is 23.7. The smallest absolute Gasteiger partial charge is 0.311 e. The van der Waals surface area contributed by atoms with Crippen LogP contribution in [0.2, 0.25) is 0 Å². The van der Waals surface area contributed by atoms with Crippen molar-refractivity contribution >= 4 is 37.3 Å². The number of carboxylic acids is 3. The zero-order valence-electron chi connectivity index (χ0n) is 27.3. The van der Waals surface area contributed by atoms with Crippen LogP contribution in [0.4, 0.5) is 0 Å². The van der Waals surface area contributed by atoms with Gasteiger partial charge >= 0.3 is 24.4 Å². The molecule has 0 atom stereocenters. The van der Waals surface area contributed by atoms with Crippen LogP contribution in [0, 0.1) is 0 Å². The summed E-state index contributed by atoms with van der Waals surface area (Å²) < 4.78 is 29.5. The van der Waals surface area contributed by atoms with Gasteiger partial charge < -0.3 is 42.8 Å². The minimum atomic E-state index is -0.935. The molecule has 0 saturated carbocycles. The van der Waals surface area contributed by atoms with E-state index in [2.05, 4.69) is 14.2 Å². The van der Waals surface area contributed by atoms with E-state index < -0.39 is 17.9 Å². The van der Waals surface area contributed by atoms with E-state index in [9.17, 15) is 28.8 Å². The van der Waals surface area contributed by atoms with Gasteiger partial charge in [-0.2, -0.15) is 0 Å². The highest BCUT2D eigenvalue weighted by Crippen LogP contribution is 2.17. The number of ether oxygens (including phenoxy) is 3. The van der Waals surface area contributed by atoms with E-state index in [4.69, 9.17) is 28.6 Å². The molecule has 0 bridgehead atoms. The molecule has 3 N–H and O–H groups in total. The molecule has 270 valence electrons. The van der Waals surface area contributed by atoms with Crippen LogP contribution in [0.1, 0.15) is 86.6 Å². The van der Waals surface area contributed by atoms with Crippen LogP contribution in [0.25, 0.3) is 0 Å². The molecule has 0 saturated heterocycles. The molecule has 15 nitrogen and oxygen atoms in total. The molecule has 49 heavy (non-hydrogen) atoms. The van der Waals surface area contributed by atoms with Crippen LogP contribution in [-0.4, -0.2) is 65.9 Å². The Kier molecular flexibility index (Phi) is 22.7. The molecule has 0 unspecified atom stereocenters. The van der Waals surface area contributed by atoms with Crippen molar-refractivity contribution in [3.8, 4) is 5.95 Å². The molecule has 0 aromatic carbocycles. The first kappa shape index (κ1) is 41.7. The maximum absolute atomic E-state index is 10.4. The van der Waals surface area contributed by atoms with Crippen molar-refractivity contribution in [2.75, 3.05) is 13.2 Å². The zero-order chi connectivity index (χ0) is 36.1. The lowest BCUT2D eigenvalue weighted by Gasteiger charge is -2.00. The summed E-state index contributed by atoms with van der Waals surface area (Å²) in [6, 6.07) is 10.5. The molecular weight excluding hydrogens is 648 g/mol. The summed E-state index contributed by atoms with van der Waals surface area (Å²) in [7, 11) is 0. The van der Waals surface area contributed by atoms with Crippen LogP contribution in [-0.2, 0) is 70.3 Å². The normalized spacial score (nSPS) is 10.0. The van der Waals surface area contributed by atoms with E-state index in [0.717, 1.165) is 62.9 Å². The minimum absolute atomic E-state index is 0.102. The highest BCUT2D eigenvalue weighted by Gasteiger charge is 2.07. The lowest BCUT2D eigenvalue weighted by Crippen LogP contribution is -1.98. The molecule has 15 heteroatoms. The molecule has 0 aliphatic heterocycles. The standard InChI is InChI=1S/C16H24O5.2C9H10O5/c17-13-20-12-6-2-4-8-15-11-10-14(21-15)7-3-1-5-9-16(18)19;10-6-13-4-3-7-1-2-8(14-7)5-9(11)12;10-6-13-9-5-4-7(14-9)2-1-3-8(11)12/h10-11,13H,1-9,12H2,(H,18,19);1-2,6H,3-5H2,(H,11,12);4-6H,1-3H2,(H,11,12). The second kappa shape index (κ2) is 26.7. The number of carbonyl (C=O) groups excluding carboxylic acids is 3. The van der Waals surface area contributed by atoms with Gasteiger partial charge in [-0.25, -0.2) is 0 Å². The van der Waals surface area contributed by atoms with Crippen molar-refractivity contribution < 1.29 is 71.5 Å². The molecule has 3 heterocycles. The summed E-state index contributed by atoms with van der Waals surface area (Å²) in [5.74, 6) is 1.23. The Morgan fingerprint density at radius 2 is 1.00 bits per heavy atom. The molecule has 3 aromatic heterocycles. The van der Waals surface area contributed by atoms with Crippen LogP contribution in [0.5, 0.6) is 5.95 Å². The van der Waals surface area contributed by atoms with E-state index >= 15 is 0 Å². The SMILES string of the molecule is O=COCCCCCc1ccc(CCCCCC(=O)O)o1.O=COCCc1ccc(CC(=O)O)o1.O=COc1ccc(CCCC(=O)O)o1. The van der Waals surface area contributed by atoms with E-state index in [1.807, 2.05) is 12.1 Å². The Morgan fingerprint density at radius 1 is 0.510 bits per heavy atom. The number of aryl methyl sites for hydroxylation is 3. The Labute approximate surface area is 283 Å². The van der Waals surface area contributed by atoms with Crippen molar-refractivity contribution in [3.63, 3.8) is 0 Å². The maximum atomic E-state index is 10.4. The molecule has 0 fully saturated rings. The number of rotatable bonds is 25. The zero-order valence-corrected chi connectivity index (χ0v) is 27.3. The van der Waals surface area contributed by atoms with E-state index in [1.165, 1.54) is 6.07 Å². The molecule has 0 aliphatic rings. The average Bonchev–Trinajstić information content (AvgIpc) is 3.81. The van der Waals surface area contributed by atoms with Crippen molar-refractivity contribution in [3.05, 3.63) is 65.2 Å². The number of aliphatic carboxylic acids is 3. The summed E-state index contributed by atoms with van der Waals surface area (Å²) in [4.78, 5) is 60.6. The summed E-state index contributed by atoms with van der Waals surface area (Å²) in [5.41, 5.74) is 0. The van der Waals surface area contributed by atoms with Crippen molar-refractivity contribution in [1.82, 2.24) is 0 Å². The number of hydrogen-bond acceptors (Lipinski definition) is 12.